The number of aromatic nitrogens is 1. The van der Waals surface area contributed by atoms with Crippen LogP contribution in [0.1, 0.15) is 44.9 Å². The zero-order valence-corrected chi connectivity index (χ0v) is 16.0. The van der Waals surface area contributed by atoms with Gasteiger partial charge in [-0.1, -0.05) is 11.6 Å². The summed E-state index contributed by atoms with van der Waals surface area (Å²) in [7, 11) is 0. The van der Waals surface area contributed by atoms with Gasteiger partial charge in [0.25, 0.3) is 0 Å². The van der Waals surface area contributed by atoms with Crippen molar-refractivity contribution in [1.29, 1.82) is 0 Å². The Labute approximate surface area is 161 Å². The average Bonchev–Trinajstić information content (AvgIpc) is 2.73. The second-order valence-corrected chi connectivity index (χ2v) is 7.47. The van der Waals surface area contributed by atoms with E-state index in [1.807, 2.05) is 12.3 Å². The lowest BCUT2D eigenvalue weighted by Crippen LogP contribution is -2.44. The molecule has 1 fully saturated rings. The minimum atomic E-state index is -0.515. The van der Waals surface area contributed by atoms with E-state index in [0.29, 0.717) is 19.0 Å². The molecule has 0 radical (unpaired) electrons. The van der Waals surface area contributed by atoms with Gasteiger partial charge in [-0.25, -0.2) is 0 Å². The Balaban J connectivity index is 1.31. The predicted octanol–water partition coefficient (Wildman–Crippen LogP) is 2.42. The molecular formula is C21H30N4O2. The van der Waals surface area contributed by atoms with E-state index in [0.717, 1.165) is 50.9 Å². The maximum Gasteiger partial charge on any atom is 0.309 e. The van der Waals surface area contributed by atoms with Crippen molar-refractivity contribution in [2.75, 3.05) is 31.1 Å². The summed E-state index contributed by atoms with van der Waals surface area (Å²) < 4.78 is 0. The molecule has 27 heavy (non-hydrogen) atoms. The molecule has 2 N–H and O–H groups in total. The molecule has 146 valence electrons. The van der Waals surface area contributed by atoms with E-state index < -0.39 is 11.8 Å². The van der Waals surface area contributed by atoms with Crippen molar-refractivity contribution in [3.63, 3.8) is 0 Å². The molecule has 0 atom stereocenters. The maximum atomic E-state index is 12.0. The van der Waals surface area contributed by atoms with Crippen molar-refractivity contribution in [3.05, 3.63) is 36.2 Å². The SMILES string of the molecule is O=C(NCCC1=CCCCC1)C(=O)NCC1CCN(c2cccnc2)CC1. The fraction of sp³-hybridized carbons (Fsp3) is 0.571. The fourth-order valence-corrected chi connectivity index (χ4v) is 3.80. The minimum absolute atomic E-state index is 0.419. The van der Waals surface area contributed by atoms with Crippen LogP contribution in [0.3, 0.4) is 0 Å². The van der Waals surface area contributed by atoms with Crippen molar-refractivity contribution in [2.45, 2.75) is 44.9 Å². The van der Waals surface area contributed by atoms with Crippen molar-refractivity contribution >= 4 is 17.5 Å². The van der Waals surface area contributed by atoms with Crippen LogP contribution >= 0.6 is 0 Å². The van der Waals surface area contributed by atoms with Gasteiger partial charge in [0.05, 0.1) is 11.9 Å². The van der Waals surface area contributed by atoms with Crippen molar-refractivity contribution in [1.82, 2.24) is 15.6 Å². The first-order chi connectivity index (χ1) is 13.2. The predicted molar refractivity (Wildman–Crippen MR) is 106 cm³/mol. The average molecular weight is 370 g/mol. The van der Waals surface area contributed by atoms with Gasteiger partial charge in [-0.15, -0.1) is 0 Å². The van der Waals surface area contributed by atoms with Crippen LogP contribution in [0, 0.1) is 5.92 Å². The second kappa shape index (κ2) is 10.1. The summed E-state index contributed by atoms with van der Waals surface area (Å²) in [5, 5.41) is 5.54. The topological polar surface area (TPSA) is 74.3 Å². The Bertz CT molecular complexity index is 651. The lowest BCUT2D eigenvalue weighted by atomic mass is 9.96. The number of pyridine rings is 1. The molecule has 1 aromatic rings. The molecule has 1 aromatic heterocycles. The van der Waals surface area contributed by atoms with E-state index >= 15 is 0 Å². The Kier molecular flexibility index (Phi) is 7.25. The Morgan fingerprint density at radius 2 is 1.96 bits per heavy atom. The summed E-state index contributed by atoms with van der Waals surface area (Å²) in [5.74, 6) is -0.608. The Morgan fingerprint density at radius 3 is 2.67 bits per heavy atom. The summed E-state index contributed by atoms with van der Waals surface area (Å²) in [4.78, 5) is 30.4. The summed E-state index contributed by atoms with van der Waals surface area (Å²) in [6.45, 7) is 3.01. The molecule has 6 heteroatoms. The number of piperidine rings is 1. The molecule has 1 aliphatic carbocycles. The van der Waals surface area contributed by atoms with Crippen molar-refractivity contribution in [3.8, 4) is 0 Å². The van der Waals surface area contributed by atoms with Gasteiger partial charge in [-0.2, -0.15) is 0 Å². The van der Waals surface area contributed by atoms with Gasteiger partial charge in [-0.3, -0.25) is 14.6 Å². The first kappa shape index (κ1) is 19.4. The van der Waals surface area contributed by atoms with Gasteiger partial charge >= 0.3 is 11.8 Å². The summed E-state index contributed by atoms with van der Waals surface area (Å²) in [5.41, 5.74) is 2.55. The molecule has 0 saturated carbocycles. The number of anilines is 1. The first-order valence-corrected chi connectivity index (χ1v) is 10.1. The zero-order valence-electron chi connectivity index (χ0n) is 16.0. The molecule has 0 unspecified atom stereocenters. The molecule has 0 bridgehead atoms. The molecule has 2 aliphatic rings. The van der Waals surface area contributed by atoms with Crippen LogP contribution in [0.5, 0.6) is 0 Å². The number of hydrogen-bond acceptors (Lipinski definition) is 4. The van der Waals surface area contributed by atoms with Crippen LogP contribution in [0.2, 0.25) is 0 Å². The summed E-state index contributed by atoms with van der Waals surface area (Å²) in [6, 6.07) is 4.02. The standard InChI is InChI=1S/C21H30N4O2/c26-20(23-12-8-17-5-2-1-3-6-17)21(27)24-15-18-9-13-25(14-10-18)19-7-4-11-22-16-19/h4-5,7,11,16,18H,1-3,6,8-10,12-15H2,(H,23,26)(H,24,27). The number of rotatable bonds is 6. The molecule has 2 amide bonds. The van der Waals surface area contributed by atoms with Crippen LogP contribution in [0.4, 0.5) is 5.69 Å². The molecule has 1 saturated heterocycles. The second-order valence-electron chi connectivity index (χ2n) is 7.47. The van der Waals surface area contributed by atoms with Crippen LogP contribution in [-0.2, 0) is 9.59 Å². The molecule has 1 aliphatic heterocycles. The zero-order chi connectivity index (χ0) is 18.9. The van der Waals surface area contributed by atoms with Gasteiger partial charge in [0.1, 0.15) is 0 Å². The summed E-state index contributed by atoms with van der Waals surface area (Å²) >= 11 is 0. The molecule has 2 heterocycles. The van der Waals surface area contributed by atoms with Gasteiger partial charge in [0, 0.05) is 32.4 Å². The smallest absolute Gasteiger partial charge is 0.309 e. The minimum Gasteiger partial charge on any atom is -0.370 e. The number of amides is 2. The molecule has 6 nitrogen and oxygen atoms in total. The van der Waals surface area contributed by atoms with E-state index in [1.165, 1.54) is 18.4 Å². The van der Waals surface area contributed by atoms with Crippen LogP contribution in [0.25, 0.3) is 0 Å². The van der Waals surface area contributed by atoms with E-state index in [2.05, 4.69) is 32.7 Å². The van der Waals surface area contributed by atoms with E-state index in [9.17, 15) is 9.59 Å². The normalized spacial score (nSPS) is 17.9. The van der Waals surface area contributed by atoms with E-state index in [-0.39, 0.29) is 0 Å². The fourth-order valence-electron chi connectivity index (χ4n) is 3.80. The first-order valence-electron chi connectivity index (χ1n) is 10.1. The van der Waals surface area contributed by atoms with Crippen molar-refractivity contribution in [2.24, 2.45) is 5.92 Å². The number of nitrogens with zero attached hydrogens (tertiary/aromatic N) is 2. The molecule has 0 spiro atoms. The van der Waals surface area contributed by atoms with Crippen LogP contribution in [0.15, 0.2) is 36.2 Å². The monoisotopic (exact) mass is 370 g/mol. The number of carbonyl (C=O) groups is 2. The van der Waals surface area contributed by atoms with Crippen LogP contribution < -0.4 is 15.5 Å². The lowest BCUT2D eigenvalue weighted by molar-refractivity contribution is -0.139. The van der Waals surface area contributed by atoms with Gasteiger partial charge in [0.2, 0.25) is 0 Å². The van der Waals surface area contributed by atoms with Crippen molar-refractivity contribution < 1.29 is 9.59 Å². The largest absolute Gasteiger partial charge is 0.370 e. The highest BCUT2D eigenvalue weighted by atomic mass is 16.2. The van der Waals surface area contributed by atoms with E-state index in [1.54, 1.807) is 6.20 Å². The lowest BCUT2D eigenvalue weighted by Gasteiger charge is -2.33. The molecule has 0 aromatic carbocycles. The molecular weight excluding hydrogens is 340 g/mol. The highest BCUT2D eigenvalue weighted by Crippen LogP contribution is 2.22. The summed E-state index contributed by atoms with van der Waals surface area (Å²) in [6.07, 6.45) is 13.6. The van der Waals surface area contributed by atoms with Gasteiger partial charge in [-0.05, 0) is 63.0 Å². The number of hydrogen-bond donors (Lipinski definition) is 2. The maximum absolute atomic E-state index is 12.0. The number of nitrogens with one attached hydrogen (secondary N) is 2. The van der Waals surface area contributed by atoms with E-state index in [4.69, 9.17) is 0 Å². The Hall–Kier alpha value is -2.37. The number of allylic oxidation sites excluding steroid dienone is 1. The van der Waals surface area contributed by atoms with Gasteiger partial charge in [0.15, 0.2) is 0 Å². The Morgan fingerprint density at radius 1 is 1.15 bits per heavy atom. The number of carbonyl (C=O) groups excluding carboxylic acids is 2. The highest BCUT2D eigenvalue weighted by Gasteiger charge is 2.21. The van der Waals surface area contributed by atoms with Gasteiger partial charge < -0.3 is 15.5 Å². The van der Waals surface area contributed by atoms with Crippen LogP contribution in [-0.4, -0.2) is 43.0 Å². The third kappa shape index (κ3) is 6.08. The highest BCUT2D eigenvalue weighted by molar-refractivity contribution is 6.35. The third-order valence-electron chi connectivity index (χ3n) is 5.50. The quantitative estimate of drug-likeness (QED) is 0.596. The molecule has 3 rings (SSSR count). The third-order valence-corrected chi connectivity index (χ3v) is 5.50.